The number of aryl methyl sites for hydroxylation is 1. The molecule has 31 heavy (non-hydrogen) atoms. The van der Waals surface area contributed by atoms with Crippen LogP contribution >= 0.6 is 11.8 Å². The number of carbonyl (C=O) groups excluding carboxylic acids is 1. The summed E-state index contributed by atoms with van der Waals surface area (Å²) in [5.74, 6) is 1.62. The molecule has 1 aromatic carbocycles. The third-order valence-corrected chi connectivity index (χ3v) is 6.15. The van der Waals surface area contributed by atoms with Gasteiger partial charge in [-0.15, -0.1) is 10.2 Å². The molecule has 0 saturated carbocycles. The molecule has 0 bridgehead atoms. The average molecular weight is 443 g/mol. The Bertz CT molecular complexity index is 1040. The minimum atomic E-state index is -0.433. The van der Waals surface area contributed by atoms with E-state index < -0.39 is 5.25 Å². The van der Waals surface area contributed by atoms with Gasteiger partial charge in [0.05, 0.1) is 23.7 Å². The number of amides is 1. The van der Waals surface area contributed by atoms with Crippen molar-refractivity contribution in [1.82, 2.24) is 19.9 Å². The van der Waals surface area contributed by atoms with E-state index in [0.29, 0.717) is 16.7 Å². The van der Waals surface area contributed by atoms with E-state index in [-0.39, 0.29) is 5.91 Å². The fraction of sp³-hybridized carbons (Fsp3) is 0.429. The van der Waals surface area contributed by atoms with Gasteiger partial charge in [-0.2, -0.15) is 0 Å². The first kappa shape index (κ1) is 21.2. The highest BCUT2D eigenvalue weighted by molar-refractivity contribution is 8.00. The third kappa shape index (κ3) is 4.68. The highest BCUT2D eigenvalue weighted by Crippen LogP contribution is 2.34. The summed E-state index contributed by atoms with van der Waals surface area (Å²) < 4.78 is 12.7. The Kier molecular flexibility index (Phi) is 6.45. The molecule has 3 heterocycles. The number of thioether (sulfide) groups is 1. The zero-order chi connectivity index (χ0) is 21.8. The molecule has 0 spiro atoms. The van der Waals surface area contributed by atoms with Crippen LogP contribution in [0.25, 0.3) is 5.69 Å². The quantitative estimate of drug-likeness (QED) is 0.553. The van der Waals surface area contributed by atoms with Gasteiger partial charge in [0.25, 0.3) is 0 Å². The topological polar surface area (TPSA) is 98.3 Å². The SMILES string of the molecule is COc1ccccc1-n1c(SC(C)C(=O)Nc2cc(C)no2)nnc1N1CCCCC1. The van der Waals surface area contributed by atoms with Crippen molar-refractivity contribution in [3.63, 3.8) is 0 Å². The fourth-order valence-corrected chi connectivity index (χ4v) is 4.38. The van der Waals surface area contributed by atoms with E-state index in [0.717, 1.165) is 43.3 Å². The highest BCUT2D eigenvalue weighted by Gasteiger charge is 2.26. The number of aromatic nitrogens is 4. The van der Waals surface area contributed by atoms with Crippen LogP contribution in [0.4, 0.5) is 11.8 Å². The van der Waals surface area contributed by atoms with E-state index in [2.05, 4.69) is 25.6 Å². The molecule has 1 unspecified atom stereocenters. The highest BCUT2D eigenvalue weighted by atomic mass is 32.2. The molecule has 0 aliphatic carbocycles. The van der Waals surface area contributed by atoms with Gasteiger partial charge in [-0.05, 0) is 45.2 Å². The molecule has 3 aromatic rings. The minimum absolute atomic E-state index is 0.199. The molecule has 1 fully saturated rings. The van der Waals surface area contributed by atoms with E-state index in [1.807, 2.05) is 35.8 Å². The summed E-state index contributed by atoms with van der Waals surface area (Å²) in [5, 5.41) is 15.7. The van der Waals surface area contributed by atoms with Crippen molar-refractivity contribution in [2.75, 3.05) is 30.4 Å². The summed E-state index contributed by atoms with van der Waals surface area (Å²) in [4.78, 5) is 14.9. The standard InChI is InChI=1S/C21H26N6O3S/c1-14-13-18(30-25-14)22-19(28)15(2)31-21-24-23-20(26-11-7-4-8-12-26)27(21)16-9-5-6-10-17(16)29-3/h5-6,9-10,13,15H,4,7-8,11-12H2,1-3H3,(H,22,28). The van der Waals surface area contributed by atoms with Crippen LogP contribution in [-0.4, -0.2) is 51.3 Å². The van der Waals surface area contributed by atoms with Gasteiger partial charge in [-0.1, -0.05) is 29.1 Å². The molecule has 164 valence electrons. The number of nitrogens with one attached hydrogen (secondary N) is 1. The number of benzene rings is 1. The molecule has 1 atom stereocenters. The molecule has 4 rings (SSSR count). The van der Waals surface area contributed by atoms with Gasteiger partial charge in [-0.3, -0.25) is 14.7 Å². The van der Waals surface area contributed by atoms with E-state index in [4.69, 9.17) is 9.26 Å². The predicted octanol–water partition coefficient (Wildman–Crippen LogP) is 3.68. The Morgan fingerprint density at radius 2 is 2.00 bits per heavy atom. The molecule has 1 aliphatic heterocycles. The first-order valence-corrected chi connectivity index (χ1v) is 11.2. The van der Waals surface area contributed by atoms with Gasteiger partial charge in [-0.25, -0.2) is 0 Å². The molecular formula is C21H26N6O3S. The predicted molar refractivity (Wildman–Crippen MR) is 119 cm³/mol. The summed E-state index contributed by atoms with van der Waals surface area (Å²) in [6, 6.07) is 9.44. The molecule has 1 saturated heterocycles. The van der Waals surface area contributed by atoms with Crippen LogP contribution in [0.1, 0.15) is 31.9 Å². The van der Waals surface area contributed by atoms with Gasteiger partial charge >= 0.3 is 0 Å². The van der Waals surface area contributed by atoms with Crippen LogP contribution in [0.5, 0.6) is 5.75 Å². The van der Waals surface area contributed by atoms with Gasteiger partial charge in [0.1, 0.15) is 5.75 Å². The number of carbonyl (C=O) groups is 1. The Morgan fingerprint density at radius 3 is 2.71 bits per heavy atom. The first-order valence-electron chi connectivity index (χ1n) is 10.3. The smallest absolute Gasteiger partial charge is 0.240 e. The van der Waals surface area contributed by atoms with Crippen molar-refractivity contribution in [2.24, 2.45) is 0 Å². The monoisotopic (exact) mass is 442 g/mol. The van der Waals surface area contributed by atoms with Crippen LogP contribution in [0.15, 0.2) is 40.0 Å². The normalized spacial score (nSPS) is 15.0. The number of ether oxygens (including phenoxy) is 1. The first-order chi connectivity index (χ1) is 15.1. The Hall–Kier alpha value is -3.01. The lowest BCUT2D eigenvalue weighted by Crippen LogP contribution is -2.32. The van der Waals surface area contributed by atoms with Gasteiger partial charge in [0, 0.05) is 19.2 Å². The van der Waals surface area contributed by atoms with Crippen LogP contribution in [0.3, 0.4) is 0 Å². The van der Waals surface area contributed by atoms with E-state index >= 15 is 0 Å². The zero-order valence-electron chi connectivity index (χ0n) is 17.9. The number of para-hydroxylation sites is 2. The van der Waals surface area contributed by atoms with Gasteiger partial charge in [0.2, 0.25) is 17.7 Å². The molecule has 0 radical (unpaired) electrons. The lowest BCUT2D eigenvalue weighted by atomic mass is 10.1. The van der Waals surface area contributed by atoms with Crippen LogP contribution in [0, 0.1) is 6.92 Å². The number of piperidine rings is 1. The van der Waals surface area contributed by atoms with Gasteiger partial charge < -0.3 is 14.2 Å². The lowest BCUT2D eigenvalue weighted by molar-refractivity contribution is -0.115. The molecular weight excluding hydrogens is 416 g/mol. The summed E-state index contributed by atoms with van der Waals surface area (Å²) >= 11 is 1.34. The second-order valence-corrected chi connectivity index (χ2v) is 8.73. The van der Waals surface area contributed by atoms with Crippen LogP contribution in [0.2, 0.25) is 0 Å². The Labute approximate surface area is 185 Å². The van der Waals surface area contributed by atoms with E-state index in [1.165, 1.54) is 18.2 Å². The van der Waals surface area contributed by atoms with E-state index in [1.54, 1.807) is 20.1 Å². The number of hydrogen-bond acceptors (Lipinski definition) is 8. The number of nitrogens with zero attached hydrogens (tertiary/aromatic N) is 5. The maximum atomic E-state index is 12.7. The number of hydrogen-bond donors (Lipinski definition) is 1. The van der Waals surface area contributed by atoms with Crippen molar-refractivity contribution in [1.29, 1.82) is 0 Å². The van der Waals surface area contributed by atoms with Crippen LogP contribution < -0.4 is 15.0 Å². The lowest BCUT2D eigenvalue weighted by Gasteiger charge is -2.28. The molecule has 10 heteroatoms. The molecule has 1 N–H and O–H groups in total. The second-order valence-electron chi connectivity index (χ2n) is 7.42. The Balaban J connectivity index is 1.63. The summed E-state index contributed by atoms with van der Waals surface area (Å²) in [6.07, 6.45) is 3.46. The van der Waals surface area contributed by atoms with Crippen molar-refractivity contribution < 1.29 is 14.1 Å². The summed E-state index contributed by atoms with van der Waals surface area (Å²) in [5.41, 5.74) is 1.55. The number of anilines is 2. The zero-order valence-corrected chi connectivity index (χ0v) is 18.7. The maximum absolute atomic E-state index is 12.7. The van der Waals surface area contributed by atoms with Gasteiger partial charge in [0.15, 0.2) is 5.16 Å². The minimum Gasteiger partial charge on any atom is -0.495 e. The third-order valence-electron chi connectivity index (χ3n) is 5.11. The average Bonchev–Trinajstić information content (AvgIpc) is 3.40. The van der Waals surface area contributed by atoms with Crippen molar-refractivity contribution in [2.45, 2.75) is 43.5 Å². The number of rotatable bonds is 7. The Morgan fingerprint density at radius 1 is 1.23 bits per heavy atom. The molecule has 1 amide bonds. The summed E-state index contributed by atoms with van der Waals surface area (Å²) in [6.45, 7) is 5.48. The van der Waals surface area contributed by atoms with Crippen molar-refractivity contribution in [3.05, 3.63) is 36.0 Å². The second kappa shape index (κ2) is 9.42. The molecule has 9 nitrogen and oxygen atoms in total. The van der Waals surface area contributed by atoms with Crippen LogP contribution in [-0.2, 0) is 4.79 Å². The van der Waals surface area contributed by atoms with Crippen molar-refractivity contribution >= 4 is 29.5 Å². The van der Waals surface area contributed by atoms with E-state index in [9.17, 15) is 4.79 Å². The molecule has 2 aromatic heterocycles. The molecule has 1 aliphatic rings. The van der Waals surface area contributed by atoms with Crippen molar-refractivity contribution in [3.8, 4) is 11.4 Å². The fourth-order valence-electron chi connectivity index (χ4n) is 3.52. The number of methoxy groups -OCH3 is 1. The maximum Gasteiger partial charge on any atom is 0.240 e. The summed E-state index contributed by atoms with van der Waals surface area (Å²) in [7, 11) is 1.64. The largest absolute Gasteiger partial charge is 0.495 e.